The number of ether oxygens (including phenoxy) is 1. The van der Waals surface area contributed by atoms with E-state index in [2.05, 4.69) is 32.5 Å². The smallest absolute Gasteiger partial charge is 0.161 e. The van der Waals surface area contributed by atoms with E-state index in [0.29, 0.717) is 35.7 Å². The molecule has 0 amide bonds. The largest absolute Gasteiger partial charge is 0.491 e. The maximum Gasteiger partial charge on any atom is 0.161 e. The number of piperidine rings is 1. The van der Waals surface area contributed by atoms with Crippen molar-refractivity contribution in [2.75, 3.05) is 25.4 Å². The number of nitrogens with one attached hydrogen (secondary N) is 2. The molecule has 36 heavy (non-hydrogen) atoms. The van der Waals surface area contributed by atoms with Crippen molar-refractivity contribution in [2.45, 2.75) is 25.3 Å². The number of hydrogen-bond acceptors (Lipinski definition) is 7. The highest BCUT2D eigenvalue weighted by Crippen LogP contribution is 2.30. The van der Waals surface area contributed by atoms with Crippen LogP contribution in [0.3, 0.4) is 0 Å². The molecule has 4 heterocycles. The highest BCUT2D eigenvalue weighted by atomic mass is 16.5. The number of aromatic nitrogens is 6. The Kier molecular flexibility index (Phi) is 6.05. The van der Waals surface area contributed by atoms with E-state index in [4.69, 9.17) is 20.4 Å². The van der Waals surface area contributed by atoms with Gasteiger partial charge in [-0.2, -0.15) is 5.10 Å². The number of aromatic amines is 1. The van der Waals surface area contributed by atoms with E-state index in [1.54, 1.807) is 6.20 Å². The third-order valence-corrected chi connectivity index (χ3v) is 6.57. The third-order valence-electron chi connectivity index (χ3n) is 6.57. The van der Waals surface area contributed by atoms with Crippen molar-refractivity contribution in [3.8, 4) is 28.5 Å². The first kappa shape index (κ1) is 22.2. The van der Waals surface area contributed by atoms with E-state index in [1.807, 2.05) is 53.5 Å². The number of hydrogen-bond donors (Lipinski definition) is 3. The summed E-state index contributed by atoms with van der Waals surface area (Å²) in [6, 6.07) is 16.5. The van der Waals surface area contributed by atoms with Crippen LogP contribution in [0.25, 0.3) is 33.8 Å². The van der Waals surface area contributed by atoms with Crippen molar-refractivity contribution in [2.24, 2.45) is 0 Å². The van der Waals surface area contributed by atoms with Crippen LogP contribution in [0, 0.1) is 0 Å². The van der Waals surface area contributed by atoms with E-state index in [0.717, 1.165) is 54.7 Å². The molecule has 2 aromatic carbocycles. The number of nitrogen functional groups attached to an aromatic ring is 1. The Balaban J connectivity index is 1.25. The Hall–Kier alpha value is -4.24. The van der Waals surface area contributed by atoms with Crippen LogP contribution in [0.2, 0.25) is 0 Å². The minimum Gasteiger partial charge on any atom is -0.491 e. The SMILES string of the molecule is Nc1ncc(-c2cnn(C3CCNCC3)c2)nc1-c1nc2c(OCCc3ccccc3)cccc2[nH]1. The zero-order valence-corrected chi connectivity index (χ0v) is 19.9. The fourth-order valence-electron chi connectivity index (χ4n) is 4.61. The van der Waals surface area contributed by atoms with Gasteiger partial charge in [0.15, 0.2) is 11.6 Å². The molecule has 9 nitrogen and oxygen atoms in total. The molecule has 1 saturated heterocycles. The van der Waals surface area contributed by atoms with Crippen molar-refractivity contribution in [1.82, 2.24) is 35.0 Å². The van der Waals surface area contributed by atoms with E-state index in [-0.39, 0.29) is 0 Å². The second-order valence-electron chi connectivity index (χ2n) is 9.00. The molecule has 1 fully saturated rings. The number of nitrogens with two attached hydrogens (primary N) is 1. The van der Waals surface area contributed by atoms with Crippen LogP contribution >= 0.6 is 0 Å². The third kappa shape index (κ3) is 4.52. The van der Waals surface area contributed by atoms with Crippen LogP contribution < -0.4 is 15.8 Å². The van der Waals surface area contributed by atoms with Crippen LogP contribution in [0.1, 0.15) is 24.4 Å². The predicted octanol–water partition coefficient (Wildman–Crippen LogP) is 4.01. The number of benzene rings is 2. The minimum absolute atomic E-state index is 0.315. The molecule has 5 aromatic rings. The Labute approximate surface area is 208 Å². The molecule has 6 rings (SSSR count). The van der Waals surface area contributed by atoms with Gasteiger partial charge >= 0.3 is 0 Å². The zero-order valence-electron chi connectivity index (χ0n) is 19.9. The summed E-state index contributed by atoms with van der Waals surface area (Å²) < 4.78 is 8.13. The lowest BCUT2D eigenvalue weighted by molar-refractivity contribution is 0.325. The van der Waals surface area contributed by atoms with Crippen LogP contribution in [0.5, 0.6) is 5.75 Å². The number of H-pyrrole nitrogens is 1. The van der Waals surface area contributed by atoms with Crippen LogP contribution in [0.4, 0.5) is 5.82 Å². The minimum atomic E-state index is 0.315. The van der Waals surface area contributed by atoms with E-state index in [1.165, 1.54) is 5.56 Å². The van der Waals surface area contributed by atoms with Gasteiger partial charge in [0, 0.05) is 18.2 Å². The summed E-state index contributed by atoms with van der Waals surface area (Å²) in [4.78, 5) is 17.3. The predicted molar refractivity (Wildman–Crippen MR) is 140 cm³/mol. The monoisotopic (exact) mass is 480 g/mol. The summed E-state index contributed by atoms with van der Waals surface area (Å²) in [5.74, 6) is 1.59. The molecule has 1 aliphatic heterocycles. The summed E-state index contributed by atoms with van der Waals surface area (Å²) in [6.07, 6.45) is 8.51. The van der Waals surface area contributed by atoms with Gasteiger partial charge in [0.2, 0.25) is 0 Å². The Morgan fingerprint density at radius 3 is 2.72 bits per heavy atom. The van der Waals surface area contributed by atoms with Gasteiger partial charge in [-0.25, -0.2) is 15.0 Å². The molecule has 3 aromatic heterocycles. The number of fused-ring (bicyclic) bond motifs is 1. The topological polar surface area (TPSA) is 120 Å². The van der Waals surface area contributed by atoms with E-state index >= 15 is 0 Å². The van der Waals surface area contributed by atoms with Crippen LogP contribution in [-0.4, -0.2) is 49.4 Å². The highest BCUT2D eigenvalue weighted by Gasteiger charge is 2.19. The second-order valence-corrected chi connectivity index (χ2v) is 9.00. The highest BCUT2D eigenvalue weighted by molar-refractivity contribution is 5.85. The molecule has 9 heteroatoms. The molecular weight excluding hydrogens is 452 g/mol. The maximum atomic E-state index is 6.23. The molecule has 182 valence electrons. The molecule has 0 aliphatic carbocycles. The summed E-state index contributed by atoms with van der Waals surface area (Å²) in [5, 5.41) is 7.98. The first-order chi connectivity index (χ1) is 17.7. The normalized spacial score (nSPS) is 14.3. The Morgan fingerprint density at radius 1 is 1.00 bits per heavy atom. The Bertz CT molecular complexity index is 1470. The summed E-state index contributed by atoms with van der Waals surface area (Å²) in [5.41, 5.74) is 11.2. The molecule has 4 N–H and O–H groups in total. The molecular formula is C27H28N8O. The molecule has 1 aliphatic rings. The quantitative estimate of drug-likeness (QED) is 0.322. The lowest BCUT2D eigenvalue weighted by Gasteiger charge is -2.22. The van der Waals surface area contributed by atoms with Crippen molar-refractivity contribution in [1.29, 1.82) is 0 Å². The van der Waals surface area contributed by atoms with Gasteiger partial charge in [-0.15, -0.1) is 0 Å². The van der Waals surface area contributed by atoms with Gasteiger partial charge in [0.05, 0.1) is 36.3 Å². The molecule has 0 saturated carbocycles. The summed E-state index contributed by atoms with van der Waals surface area (Å²) in [7, 11) is 0. The second kappa shape index (κ2) is 9.79. The molecule has 0 bridgehead atoms. The fourth-order valence-corrected chi connectivity index (χ4v) is 4.61. The van der Waals surface area contributed by atoms with E-state index in [9.17, 15) is 0 Å². The number of para-hydroxylation sites is 1. The molecule has 0 atom stereocenters. The standard InChI is InChI=1S/C27H28N8O/c28-26-25(32-22(16-30-26)19-15-31-35(17-19)20-9-12-29-13-10-20)27-33-21-7-4-8-23(24(21)34-27)36-14-11-18-5-2-1-3-6-18/h1-8,15-17,20,29H,9-14H2,(H2,28,30)(H,33,34). The van der Waals surface area contributed by atoms with Gasteiger partial charge in [0.25, 0.3) is 0 Å². The number of imidazole rings is 1. The number of rotatable bonds is 7. The van der Waals surface area contributed by atoms with Gasteiger partial charge in [0.1, 0.15) is 17.0 Å². The van der Waals surface area contributed by atoms with Gasteiger partial charge < -0.3 is 20.8 Å². The van der Waals surface area contributed by atoms with Crippen LogP contribution in [0.15, 0.2) is 67.1 Å². The van der Waals surface area contributed by atoms with E-state index < -0.39 is 0 Å². The lowest BCUT2D eigenvalue weighted by atomic mass is 10.1. The average molecular weight is 481 g/mol. The van der Waals surface area contributed by atoms with Crippen molar-refractivity contribution < 1.29 is 4.74 Å². The van der Waals surface area contributed by atoms with Crippen molar-refractivity contribution in [3.05, 3.63) is 72.7 Å². The first-order valence-electron chi connectivity index (χ1n) is 12.3. The number of anilines is 1. The molecule has 0 unspecified atom stereocenters. The van der Waals surface area contributed by atoms with Gasteiger partial charge in [-0.3, -0.25) is 4.68 Å². The lowest BCUT2D eigenvalue weighted by Crippen LogP contribution is -2.29. The average Bonchev–Trinajstić information content (AvgIpc) is 3.59. The van der Waals surface area contributed by atoms with Gasteiger partial charge in [-0.05, 0) is 43.6 Å². The maximum absolute atomic E-state index is 6.23. The Morgan fingerprint density at radius 2 is 1.86 bits per heavy atom. The molecule has 0 radical (unpaired) electrons. The first-order valence-corrected chi connectivity index (χ1v) is 12.3. The van der Waals surface area contributed by atoms with Gasteiger partial charge in [-0.1, -0.05) is 36.4 Å². The van der Waals surface area contributed by atoms with Crippen LogP contribution in [-0.2, 0) is 6.42 Å². The fraction of sp³-hybridized carbons (Fsp3) is 0.259. The number of nitrogens with zero attached hydrogens (tertiary/aromatic N) is 5. The summed E-state index contributed by atoms with van der Waals surface area (Å²) >= 11 is 0. The molecule has 0 spiro atoms. The van der Waals surface area contributed by atoms with Crippen molar-refractivity contribution >= 4 is 16.9 Å². The van der Waals surface area contributed by atoms with Crippen molar-refractivity contribution in [3.63, 3.8) is 0 Å². The summed E-state index contributed by atoms with van der Waals surface area (Å²) in [6.45, 7) is 2.58. The zero-order chi connectivity index (χ0) is 24.3.